The predicted octanol–water partition coefficient (Wildman–Crippen LogP) is 2.24. The molecular formula is C13H18N2O2. The van der Waals surface area contributed by atoms with E-state index in [1.165, 1.54) is 25.7 Å². The first-order valence-corrected chi connectivity index (χ1v) is 6.38. The molecule has 0 aromatic heterocycles. The van der Waals surface area contributed by atoms with E-state index in [1.807, 2.05) is 0 Å². The Labute approximate surface area is 101 Å². The minimum absolute atomic E-state index is 0.267. The summed E-state index contributed by atoms with van der Waals surface area (Å²) in [5.74, 6) is 1.59. The average Bonchev–Trinajstić information content (AvgIpc) is 2.90. The lowest BCUT2D eigenvalue weighted by Gasteiger charge is -2.37. The van der Waals surface area contributed by atoms with Gasteiger partial charge in [-0.25, -0.2) is 19.6 Å². The molecule has 2 rings (SSSR count). The van der Waals surface area contributed by atoms with E-state index in [-0.39, 0.29) is 5.41 Å². The van der Waals surface area contributed by atoms with Crippen LogP contribution in [0.3, 0.4) is 0 Å². The van der Waals surface area contributed by atoms with Crippen molar-refractivity contribution in [1.82, 2.24) is 0 Å². The van der Waals surface area contributed by atoms with Crippen LogP contribution in [0.4, 0.5) is 0 Å². The first kappa shape index (κ1) is 12.2. The summed E-state index contributed by atoms with van der Waals surface area (Å²) in [6.07, 6.45) is 10.3. The summed E-state index contributed by atoms with van der Waals surface area (Å²) in [4.78, 5) is 27.6. The highest BCUT2D eigenvalue weighted by Gasteiger charge is 2.49. The highest BCUT2D eigenvalue weighted by Crippen LogP contribution is 2.59. The molecule has 0 radical (unpaired) electrons. The number of hydrogen-bond acceptors (Lipinski definition) is 4. The second kappa shape index (κ2) is 5.39. The molecule has 4 nitrogen and oxygen atoms in total. The van der Waals surface area contributed by atoms with E-state index in [2.05, 4.69) is 9.98 Å². The standard InChI is InChI=1S/C13H18N2O2/c16-9-14-5-3-13(4-6-15-10-17)8-11-1-2-12(13)7-11/h11-12H,1-8H2. The van der Waals surface area contributed by atoms with E-state index < -0.39 is 0 Å². The summed E-state index contributed by atoms with van der Waals surface area (Å²) in [7, 11) is 0. The van der Waals surface area contributed by atoms with Gasteiger partial charge in [-0.1, -0.05) is 6.42 Å². The van der Waals surface area contributed by atoms with Gasteiger partial charge in [0, 0.05) is 0 Å². The van der Waals surface area contributed by atoms with E-state index >= 15 is 0 Å². The van der Waals surface area contributed by atoms with Crippen LogP contribution in [0.2, 0.25) is 0 Å². The van der Waals surface area contributed by atoms with Gasteiger partial charge in [-0.05, 0) is 49.4 Å². The topological polar surface area (TPSA) is 58.9 Å². The molecule has 2 saturated carbocycles. The Balaban J connectivity index is 2.00. The van der Waals surface area contributed by atoms with Crippen molar-refractivity contribution < 1.29 is 9.59 Å². The molecule has 92 valence electrons. The second-order valence-electron chi connectivity index (χ2n) is 5.39. The van der Waals surface area contributed by atoms with Crippen molar-refractivity contribution in [2.75, 3.05) is 13.1 Å². The molecule has 0 aromatic rings. The maximum absolute atomic E-state index is 10.1. The third kappa shape index (κ3) is 2.54. The van der Waals surface area contributed by atoms with Gasteiger partial charge in [0.05, 0.1) is 13.1 Å². The Morgan fingerprint density at radius 2 is 1.71 bits per heavy atom. The smallest absolute Gasteiger partial charge is 0.211 e. The van der Waals surface area contributed by atoms with Crippen LogP contribution in [0.15, 0.2) is 9.98 Å². The average molecular weight is 234 g/mol. The first-order chi connectivity index (χ1) is 8.30. The van der Waals surface area contributed by atoms with Crippen LogP contribution < -0.4 is 0 Å². The second-order valence-corrected chi connectivity index (χ2v) is 5.39. The SMILES string of the molecule is O=C=NCCC1(CCN=C=O)CC2CCC1C2. The molecule has 2 unspecified atom stereocenters. The number of carbonyl (C=O) groups excluding carboxylic acids is 2. The zero-order valence-electron chi connectivity index (χ0n) is 10.0. The molecular weight excluding hydrogens is 216 g/mol. The zero-order valence-corrected chi connectivity index (χ0v) is 10.0. The summed E-state index contributed by atoms with van der Waals surface area (Å²) >= 11 is 0. The predicted molar refractivity (Wildman–Crippen MR) is 63.1 cm³/mol. The van der Waals surface area contributed by atoms with Gasteiger partial charge in [0.2, 0.25) is 12.2 Å². The third-order valence-corrected chi connectivity index (χ3v) is 4.67. The quantitative estimate of drug-likeness (QED) is 0.522. The third-order valence-electron chi connectivity index (χ3n) is 4.67. The number of hydrogen-bond donors (Lipinski definition) is 0. The number of isocyanates is 2. The molecule has 4 heteroatoms. The molecule has 0 aromatic carbocycles. The molecule has 2 aliphatic carbocycles. The van der Waals surface area contributed by atoms with Crippen molar-refractivity contribution in [2.24, 2.45) is 27.2 Å². The highest BCUT2D eigenvalue weighted by molar-refractivity contribution is 5.33. The Morgan fingerprint density at radius 1 is 1.06 bits per heavy atom. The molecule has 2 atom stereocenters. The van der Waals surface area contributed by atoms with Crippen LogP contribution >= 0.6 is 0 Å². The summed E-state index contributed by atoms with van der Waals surface area (Å²) in [6.45, 7) is 1.13. The van der Waals surface area contributed by atoms with Crippen molar-refractivity contribution in [1.29, 1.82) is 0 Å². The maximum Gasteiger partial charge on any atom is 0.234 e. The van der Waals surface area contributed by atoms with Gasteiger partial charge in [-0.2, -0.15) is 0 Å². The lowest BCUT2D eigenvalue weighted by molar-refractivity contribution is 0.140. The van der Waals surface area contributed by atoms with Crippen molar-refractivity contribution in [3.8, 4) is 0 Å². The molecule has 0 N–H and O–H groups in total. The van der Waals surface area contributed by atoms with Crippen LogP contribution in [0.25, 0.3) is 0 Å². The minimum atomic E-state index is 0.267. The summed E-state index contributed by atoms with van der Waals surface area (Å²) < 4.78 is 0. The Hall–Kier alpha value is -1.24. The van der Waals surface area contributed by atoms with Gasteiger partial charge in [0.25, 0.3) is 0 Å². The first-order valence-electron chi connectivity index (χ1n) is 6.38. The van der Waals surface area contributed by atoms with Crippen molar-refractivity contribution in [3.63, 3.8) is 0 Å². The van der Waals surface area contributed by atoms with Crippen LogP contribution in [0.1, 0.15) is 38.5 Å². The number of fused-ring (bicyclic) bond motifs is 2. The van der Waals surface area contributed by atoms with E-state index in [0.29, 0.717) is 13.1 Å². The number of aliphatic imine (C=N–C) groups is 2. The summed E-state index contributed by atoms with van der Waals surface area (Å²) in [5.41, 5.74) is 0.267. The summed E-state index contributed by atoms with van der Waals surface area (Å²) in [5, 5.41) is 0. The highest BCUT2D eigenvalue weighted by atomic mass is 16.1. The van der Waals surface area contributed by atoms with Gasteiger partial charge in [0.1, 0.15) is 0 Å². The van der Waals surface area contributed by atoms with Crippen LogP contribution in [0, 0.1) is 17.3 Å². The molecule has 0 amide bonds. The van der Waals surface area contributed by atoms with E-state index in [0.717, 1.165) is 24.7 Å². The molecule has 2 fully saturated rings. The zero-order chi connectivity index (χ0) is 12.1. The maximum atomic E-state index is 10.1. The molecule has 17 heavy (non-hydrogen) atoms. The lowest BCUT2D eigenvalue weighted by atomic mass is 9.68. The van der Waals surface area contributed by atoms with E-state index in [1.54, 1.807) is 12.2 Å². The lowest BCUT2D eigenvalue weighted by Crippen LogP contribution is -2.29. The van der Waals surface area contributed by atoms with Crippen molar-refractivity contribution in [2.45, 2.75) is 38.5 Å². The fourth-order valence-corrected chi connectivity index (χ4v) is 3.94. The van der Waals surface area contributed by atoms with Crippen molar-refractivity contribution >= 4 is 12.2 Å². The summed E-state index contributed by atoms with van der Waals surface area (Å²) in [6, 6.07) is 0. The Bertz CT molecular complexity index is 346. The van der Waals surface area contributed by atoms with Crippen LogP contribution in [-0.2, 0) is 9.59 Å². The van der Waals surface area contributed by atoms with E-state index in [9.17, 15) is 9.59 Å². The largest absolute Gasteiger partial charge is 0.234 e. The van der Waals surface area contributed by atoms with Gasteiger partial charge >= 0.3 is 0 Å². The number of nitrogens with zero attached hydrogens (tertiary/aromatic N) is 2. The van der Waals surface area contributed by atoms with Gasteiger partial charge in [-0.15, -0.1) is 0 Å². The fraction of sp³-hybridized carbons (Fsp3) is 0.846. The molecule has 0 heterocycles. The fourth-order valence-electron chi connectivity index (χ4n) is 3.94. The van der Waals surface area contributed by atoms with Crippen molar-refractivity contribution in [3.05, 3.63) is 0 Å². The van der Waals surface area contributed by atoms with Crippen LogP contribution in [0.5, 0.6) is 0 Å². The number of rotatable bonds is 6. The molecule has 2 bridgehead atoms. The van der Waals surface area contributed by atoms with Gasteiger partial charge < -0.3 is 0 Å². The molecule has 0 saturated heterocycles. The monoisotopic (exact) mass is 234 g/mol. The molecule has 0 aliphatic heterocycles. The normalized spacial score (nSPS) is 34.1. The van der Waals surface area contributed by atoms with Crippen LogP contribution in [-0.4, -0.2) is 25.2 Å². The van der Waals surface area contributed by atoms with Gasteiger partial charge in [-0.3, -0.25) is 0 Å². The van der Waals surface area contributed by atoms with E-state index in [4.69, 9.17) is 0 Å². The Morgan fingerprint density at radius 3 is 2.12 bits per heavy atom. The Kier molecular flexibility index (Phi) is 3.88. The van der Waals surface area contributed by atoms with Gasteiger partial charge in [0.15, 0.2) is 0 Å². The molecule has 0 spiro atoms. The molecule has 2 aliphatic rings. The minimum Gasteiger partial charge on any atom is -0.211 e.